The molecule has 7 nitrogen and oxygen atoms in total. The monoisotopic (exact) mass is 555 g/mol. The van der Waals surface area contributed by atoms with E-state index in [9.17, 15) is 21.6 Å². The quantitative estimate of drug-likeness (QED) is 0.286. The van der Waals surface area contributed by atoms with E-state index in [2.05, 4.69) is 27.4 Å². The van der Waals surface area contributed by atoms with Crippen molar-refractivity contribution in [2.24, 2.45) is 10.9 Å². The fourth-order valence-corrected chi connectivity index (χ4v) is 4.60. The van der Waals surface area contributed by atoms with Crippen molar-refractivity contribution in [3.05, 3.63) is 0 Å². The number of nitrogens with zero attached hydrogens (tertiary/aromatic N) is 3. The van der Waals surface area contributed by atoms with E-state index in [4.69, 9.17) is 0 Å². The number of sulfonamides is 1. The molecule has 0 bridgehead atoms. The number of piperidine rings is 1. The van der Waals surface area contributed by atoms with E-state index in [-0.39, 0.29) is 43.1 Å². The smallest absolute Gasteiger partial charge is 0.357 e. The molecule has 0 aromatic heterocycles. The molecule has 2 aliphatic heterocycles. The van der Waals surface area contributed by atoms with Gasteiger partial charge in [0.05, 0.1) is 0 Å². The van der Waals surface area contributed by atoms with Crippen LogP contribution in [0.4, 0.5) is 13.2 Å². The molecule has 0 aliphatic carbocycles. The Morgan fingerprint density at radius 2 is 1.76 bits per heavy atom. The van der Waals surface area contributed by atoms with Crippen LogP contribution >= 0.6 is 24.0 Å². The zero-order valence-electron chi connectivity index (χ0n) is 17.0. The number of hydrogen-bond acceptors (Lipinski definition) is 4. The number of alkyl halides is 3. The molecule has 0 radical (unpaired) electrons. The van der Waals surface area contributed by atoms with Gasteiger partial charge in [0.25, 0.3) is 0 Å². The lowest BCUT2D eigenvalue weighted by molar-refractivity contribution is -0.0494. The standard InChI is InChI=1S/C17H32F3N5O2S.HI/c1-3-21-16(22-12-14(2)13-24-8-4-5-9-24)23-15-6-10-25(11-7-15)28(26,27)17(18,19)20;/h14-15H,3-13H2,1-2H3,(H2,21,22,23);1H. The van der Waals surface area contributed by atoms with Crippen LogP contribution in [0.15, 0.2) is 4.99 Å². The molecule has 2 rings (SSSR count). The molecule has 0 spiro atoms. The Hall–Kier alpha value is -0.340. The Bertz CT molecular complexity index is 619. The van der Waals surface area contributed by atoms with Gasteiger partial charge in [-0.15, -0.1) is 24.0 Å². The first kappa shape index (κ1) is 26.7. The second-order valence-corrected chi connectivity index (χ2v) is 9.53. The highest BCUT2D eigenvalue weighted by atomic mass is 127. The maximum atomic E-state index is 12.7. The van der Waals surface area contributed by atoms with Crippen LogP contribution in [0.5, 0.6) is 0 Å². The summed E-state index contributed by atoms with van der Waals surface area (Å²) in [7, 11) is -5.24. The van der Waals surface area contributed by atoms with Crippen molar-refractivity contribution in [1.29, 1.82) is 0 Å². The molecular weight excluding hydrogens is 522 g/mol. The molecule has 0 aromatic rings. The van der Waals surface area contributed by atoms with Crippen LogP contribution in [0.2, 0.25) is 0 Å². The topological polar surface area (TPSA) is 77.0 Å². The van der Waals surface area contributed by atoms with Crippen molar-refractivity contribution in [1.82, 2.24) is 19.8 Å². The lowest BCUT2D eigenvalue weighted by Crippen LogP contribution is -2.51. The van der Waals surface area contributed by atoms with Crippen LogP contribution in [-0.4, -0.2) is 80.9 Å². The maximum absolute atomic E-state index is 12.7. The van der Waals surface area contributed by atoms with Gasteiger partial charge in [0, 0.05) is 38.8 Å². The summed E-state index contributed by atoms with van der Waals surface area (Å²) in [6.45, 7) is 8.44. The molecule has 1 atom stereocenters. The Morgan fingerprint density at radius 1 is 1.17 bits per heavy atom. The van der Waals surface area contributed by atoms with E-state index in [0.717, 1.165) is 19.6 Å². The predicted molar refractivity (Wildman–Crippen MR) is 119 cm³/mol. The van der Waals surface area contributed by atoms with Gasteiger partial charge in [-0.05, 0) is 51.6 Å². The Labute approximate surface area is 188 Å². The third kappa shape index (κ3) is 8.02. The zero-order valence-corrected chi connectivity index (χ0v) is 20.2. The van der Waals surface area contributed by atoms with Crippen LogP contribution in [0.3, 0.4) is 0 Å². The van der Waals surface area contributed by atoms with Crippen LogP contribution < -0.4 is 10.6 Å². The highest BCUT2D eigenvalue weighted by Crippen LogP contribution is 2.28. The molecule has 2 N–H and O–H groups in total. The first-order valence-electron chi connectivity index (χ1n) is 9.97. The van der Waals surface area contributed by atoms with E-state index in [1.807, 2.05) is 6.92 Å². The lowest BCUT2D eigenvalue weighted by atomic mass is 10.1. The van der Waals surface area contributed by atoms with Gasteiger partial charge in [0.1, 0.15) is 0 Å². The van der Waals surface area contributed by atoms with Crippen LogP contribution in [0, 0.1) is 5.92 Å². The van der Waals surface area contributed by atoms with Gasteiger partial charge in [-0.3, -0.25) is 4.99 Å². The zero-order chi connectivity index (χ0) is 20.8. The van der Waals surface area contributed by atoms with Gasteiger partial charge in [-0.25, -0.2) is 8.42 Å². The van der Waals surface area contributed by atoms with Crippen molar-refractivity contribution in [3.63, 3.8) is 0 Å². The molecule has 29 heavy (non-hydrogen) atoms. The second-order valence-electron chi connectivity index (χ2n) is 7.60. The van der Waals surface area contributed by atoms with Crippen molar-refractivity contribution >= 4 is 40.0 Å². The molecule has 172 valence electrons. The van der Waals surface area contributed by atoms with Crippen molar-refractivity contribution in [3.8, 4) is 0 Å². The van der Waals surface area contributed by atoms with Crippen LogP contribution in [-0.2, 0) is 10.0 Å². The van der Waals surface area contributed by atoms with Gasteiger partial charge >= 0.3 is 15.5 Å². The molecular formula is C17H33F3IN5O2S. The number of hydrogen-bond donors (Lipinski definition) is 2. The molecule has 2 saturated heterocycles. The number of rotatable bonds is 7. The van der Waals surface area contributed by atoms with Gasteiger partial charge in [0.15, 0.2) is 5.96 Å². The molecule has 2 heterocycles. The van der Waals surface area contributed by atoms with E-state index in [1.54, 1.807) is 0 Å². The first-order chi connectivity index (χ1) is 13.1. The molecule has 0 saturated carbocycles. The van der Waals surface area contributed by atoms with Crippen LogP contribution in [0.1, 0.15) is 39.5 Å². The summed E-state index contributed by atoms with van der Waals surface area (Å²) in [6, 6.07) is -0.105. The maximum Gasteiger partial charge on any atom is 0.511 e. The van der Waals surface area contributed by atoms with Crippen molar-refractivity contribution in [2.45, 2.75) is 51.1 Å². The van der Waals surface area contributed by atoms with E-state index in [1.165, 1.54) is 12.8 Å². The molecule has 0 aromatic carbocycles. The molecule has 1 unspecified atom stereocenters. The van der Waals surface area contributed by atoms with Crippen molar-refractivity contribution in [2.75, 3.05) is 45.8 Å². The Morgan fingerprint density at radius 3 is 2.28 bits per heavy atom. The second kappa shape index (κ2) is 11.9. The predicted octanol–water partition coefficient (Wildman–Crippen LogP) is 2.21. The van der Waals surface area contributed by atoms with Gasteiger partial charge in [0.2, 0.25) is 0 Å². The van der Waals surface area contributed by atoms with Crippen molar-refractivity contribution < 1.29 is 21.6 Å². The van der Waals surface area contributed by atoms with E-state index >= 15 is 0 Å². The number of halogens is 4. The number of nitrogens with one attached hydrogen (secondary N) is 2. The van der Waals surface area contributed by atoms with Gasteiger partial charge in [-0.2, -0.15) is 17.5 Å². The minimum absolute atomic E-state index is 0. The highest BCUT2D eigenvalue weighted by molar-refractivity contribution is 14.0. The third-order valence-electron chi connectivity index (χ3n) is 5.10. The van der Waals surface area contributed by atoms with Gasteiger partial charge in [-0.1, -0.05) is 6.92 Å². The number of guanidine groups is 1. The largest absolute Gasteiger partial charge is 0.511 e. The number of aliphatic imine (C=N–C) groups is 1. The summed E-state index contributed by atoms with van der Waals surface area (Å²) in [5.74, 6) is 1.04. The SMILES string of the molecule is CCNC(=NCC(C)CN1CCCC1)NC1CCN(S(=O)(=O)C(F)(F)F)CC1.I. The Balaban J connectivity index is 0.00000420. The average Bonchev–Trinajstić information content (AvgIpc) is 3.12. The third-order valence-corrected chi connectivity index (χ3v) is 6.73. The average molecular weight is 555 g/mol. The Kier molecular flexibility index (Phi) is 10.9. The fraction of sp³-hybridized carbons (Fsp3) is 0.941. The van der Waals surface area contributed by atoms with E-state index < -0.39 is 15.5 Å². The summed E-state index contributed by atoms with van der Waals surface area (Å²) in [5, 5.41) is 6.40. The van der Waals surface area contributed by atoms with Crippen LogP contribution in [0.25, 0.3) is 0 Å². The fourth-order valence-electron chi connectivity index (χ4n) is 3.61. The minimum Gasteiger partial charge on any atom is -0.357 e. The highest BCUT2D eigenvalue weighted by Gasteiger charge is 2.50. The molecule has 2 fully saturated rings. The minimum atomic E-state index is -5.24. The summed E-state index contributed by atoms with van der Waals surface area (Å²) in [4.78, 5) is 7.05. The summed E-state index contributed by atoms with van der Waals surface area (Å²) in [6.07, 6.45) is 3.12. The number of likely N-dealkylation sites (tertiary alicyclic amines) is 1. The lowest BCUT2D eigenvalue weighted by Gasteiger charge is -2.32. The summed E-state index contributed by atoms with van der Waals surface area (Å²) >= 11 is 0. The summed E-state index contributed by atoms with van der Waals surface area (Å²) in [5.41, 5.74) is -5.24. The van der Waals surface area contributed by atoms with Gasteiger partial charge < -0.3 is 15.5 Å². The normalized spacial score (nSPS) is 21.6. The molecule has 2 aliphatic rings. The molecule has 12 heteroatoms. The molecule has 0 amide bonds. The first-order valence-corrected chi connectivity index (χ1v) is 11.4. The van der Waals surface area contributed by atoms with E-state index in [0.29, 0.717) is 42.1 Å². The summed E-state index contributed by atoms with van der Waals surface area (Å²) < 4.78 is 61.5.